The van der Waals surface area contributed by atoms with E-state index in [1.165, 1.54) is 0 Å². The molecule has 1 aliphatic rings. The molecule has 2 rings (SSSR count). The van der Waals surface area contributed by atoms with Crippen molar-refractivity contribution in [2.24, 2.45) is 4.99 Å². The second-order valence-electron chi connectivity index (χ2n) is 2.75. The minimum atomic E-state index is 0.529. The van der Waals surface area contributed by atoms with E-state index in [9.17, 15) is 0 Å². The number of halogens is 3. The van der Waals surface area contributed by atoms with Gasteiger partial charge in [0.05, 0.1) is 22.2 Å². The van der Waals surface area contributed by atoms with Gasteiger partial charge in [-0.15, -0.1) is 0 Å². The average Bonchev–Trinajstić information content (AvgIpc) is 2.65. The maximum atomic E-state index is 6.09. The first-order valence-corrected chi connectivity index (χ1v) is 5.56. The van der Waals surface area contributed by atoms with Crippen molar-refractivity contribution in [3.8, 4) is 0 Å². The smallest absolute Gasteiger partial charge is 0.219 e. The Bertz CT molecular complexity index is 406. The van der Waals surface area contributed by atoms with Crippen LogP contribution in [-0.4, -0.2) is 19.0 Å². The van der Waals surface area contributed by atoms with Crippen LogP contribution in [0.1, 0.15) is 5.56 Å². The molecule has 0 aromatic heterocycles. The van der Waals surface area contributed by atoms with Crippen LogP contribution in [0, 0.1) is 0 Å². The van der Waals surface area contributed by atoms with Crippen LogP contribution in [0.3, 0.4) is 0 Å². The third-order valence-corrected chi connectivity index (χ3v) is 3.44. The molecule has 1 aliphatic heterocycles. The van der Waals surface area contributed by atoms with Crippen LogP contribution in [0.2, 0.25) is 10.0 Å². The molecule has 14 heavy (non-hydrogen) atoms. The van der Waals surface area contributed by atoms with E-state index in [1.54, 1.807) is 12.1 Å². The van der Waals surface area contributed by atoms with Gasteiger partial charge in [-0.05, 0) is 28.1 Å². The van der Waals surface area contributed by atoms with Crippen LogP contribution in [-0.2, 0) is 4.74 Å². The first-order chi connectivity index (χ1) is 6.70. The summed E-state index contributed by atoms with van der Waals surface area (Å²) < 4.78 is 6.10. The molecule has 0 unspecified atom stereocenters. The molecule has 2 nitrogen and oxygen atoms in total. The summed E-state index contributed by atoms with van der Waals surface area (Å²) in [5.74, 6) is 0.529. The fourth-order valence-electron chi connectivity index (χ4n) is 1.21. The zero-order valence-electron chi connectivity index (χ0n) is 7.06. The van der Waals surface area contributed by atoms with Crippen LogP contribution < -0.4 is 0 Å². The van der Waals surface area contributed by atoms with E-state index in [0.29, 0.717) is 34.7 Å². The summed E-state index contributed by atoms with van der Waals surface area (Å²) in [6.45, 7) is 1.25. The largest absolute Gasteiger partial charge is 0.475 e. The van der Waals surface area contributed by atoms with Crippen LogP contribution in [0.25, 0.3) is 0 Å². The van der Waals surface area contributed by atoms with Crippen LogP contribution in [0.4, 0.5) is 0 Å². The Morgan fingerprint density at radius 3 is 2.79 bits per heavy atom. The molecular weight excluding hydrogens is 289 g/mol. The number of ether oxygens (including phenoxy) is 1. The first-order valence-electron chi connectivity index (χ1n) is 4.01. The molecule has 0 amide bonds. The fraction of sp³-hybridized carbons (Fsp3) is 0.222. The maximum absolute atomic E-state index is 6.09. The number of hydrogen-bond donors (Lipinski definition) is 0. The number of nitrogens with zero attached hydrogens (tertiary/aromatic N) is 1. The van der Waals surface area contributed by atoms with E-state index in [0.717, 1.165) is 4.47 Å². The summed E-state index contributed by atoms with van der Waals surface area (Å²) in [5, 5.41) is 1.09. The highest BCUT2D eigenvalue weighted by atomic mass is 79.9. The van der Waals surface area contributed by atoms with Gasteiger partial charge in [0.25, 0.3) is 0 Å². The molecule has 0 saturated carbocycles. The highest BCUT2D eigenvalue weighted by molar-refractivity contribution is 9.10. The Kier molecular flexibility index (Phi) is 3.00. The van der Waals surface area contributed by atoms with Gasteiger partial charge in [0.2, 0.25) is 5.90 Å². The molecule has 0 spiro atoms. The summed E-state index contributed by atoms with van der Waals surface area (Å²) in [6, 6.07) is 3.56. The molecule has 0 aliphatic carbocycles. The predicted octanol–water partition coefficient (Wildman–Crippen LogP) is 3.53. The minimum absolute atomic E-state index is 0.529. The molecule has 0 atom stereocenters. The van der Waals surface area contributed by atoms with Gasteiger partial charge in [-0.2, -0.15) is 0 Å². The average molecular weight is 295 g/mol. The van der Waals surface area contributed by atoms with Gasteiger partial charge in [-0.25, -0.2) is 4.99 Å². The quantitative estimate of drug-likeness (QED) is 0.726. The topological polar surface area (TPSA) is 21.6 Å². The molecule has 5 heteroatoms. The second kappa shape index (κ2) is 4.09. The predicted molar refractivity (Wildman–Crippen MR) is 61.5 cm³/mol. The lowest BCUT2D eigenvalue weighted by Gasteiger charge is -2.07. The van der Waals surface area contributed by atoms with Gasteiger partial charge >= 0.3 is 0 Å². The van der Waals surface area contributed by atoms with E-state index < -0.39 is 0 Å². The SMILES string of the molecule is Clc1ccc(Br)c(Cl)c1C1=NCCO1. The van der Waals surface area contributed by atoms with Crippen molar-refractivity contribution in [3.63, 3.8) is 0 Å². The zero-order valence-corrected chi connectivity index (χ0v) is 10.2. The van der Waals surface area contributed by atoms with Gasteiger partial charge < -0.3 is 4.74 Å². The standard InChI is InChI=1S/C9H6BrCl2NO/c10-5-1-2-6(11)7(8(5)12)9-13-3-4-14-9/h1-2H,3-4H2. The Morgan fingerprint density at radius 2 is 2.14 bits per heavy atom. The van der Waals surface area contributed by atoms with E-state index >= 15 is 0 Å². The summed E-state index contributed by atoms with van der Waals surface area (Å²) >= 11 is 15.4. The highest BCUT2D eigenvalue weighted by Gasteiger charge is 2.18. The third-order valence-electron chi connectivity index (χ3n) is 1.84. The van der Waals surface area contributed by atoms with Crippen molar-refractivity contribution in [2.45, 2.75) is 0 Å². The lowest BCUT2D eigenvalue weighted by molar-refractivity contribution is 0.348. The van der Waals surface area contributed by atoms with Crippen LogP contribution in [0.5, 0.6) is 0 Å². The van der Waals surface area contributed by atoms with Gasteiger partial charge in [-0.1, -0.05) is 23.2 Å². The highest BCUT2D eigenvalue weighted by Crippen LogP contribution is 2.32. The van der Waals surface area contributed by atoms with Gasteiger partial charge in [0.1, 0.15) is 6.61 Å². The molecule has 1 aromatic rings. The molecule has 0 saturated heterocycles. The van der Waals surface area contributed by atoms with Gasteiger partial charge in [0, 0.05) is 4.47 Å². The zero-order chi connectivity index (χ0) is 10.1. The molecule has 74 valence electrons. The summed E-state index contributed by atoms with van der Waals surface area (Å²) in [5.41, 5.74) is 0.667. The Hall–Kier alpha value is -0.250. The van der Waals surface area contributed by atoms with E-state index in [1.807, 2.05) is 0 Å². The molecule has 0 fully saturated rings. The number of rotatable bonds is 1. The van der Waals surface area contributed by atoms with Crippen molar-refractivity contribution in [1.82, 2.24) is 0 Å². The third kappa shape index (κ3) is 1.76. The number of benzene rings is 1. The van der Waals surface area contributed by atoms with Crippen molar-refractivity contribution in [1.29, 1.82) is 0 Å². The lowest BCUT2D eigenvalue weighted by atomic mass is 10.2. The molecule has 0 N–H and O–H groups in total. The first kappa shape index (κ1) is 10.3. The van der Waals surface area contributed by atoms with Crippen LogP contribution in [0.15, 0.2) is 21.6 Å². The number of aliphatic imine (C=N–C) groups is 1. The number of hydrogen-bond acceptors (Lipinski definition) is 2. The monoisotopic (exact) mass is 293 g/mol. The minimum Gasteiger partial charge on any atom is -0.475 e. The summed E-state index contributed by atoms with van der Waals surface area (Å²) in [7, 11) is 0. The Morgan fingerprint density at radius 1 is 1.36 bits per heavy atom. The van der Waals surface area contributed by atoms with Crippen LogP contribution >= 0.6 is 39.1 Å². The van der Waals surface area contributed by atoms with E-state index in [2.05, 4.69) is 20.9 Å². The summed E-state index contributed by atoms with van der Waals surface area (Å²) in [4.78, 5) is 4.17. The Balaban J connectivity index is 2.55. The Labute approximate surface area is 100 Å². The van der Waals surface area contributed by atoms with Crippen molar-refractivity contribution in [2.75, 3.05) is 13.2 Å². The maximum Gasteiger partial charge on any atom is 0.219 e. The normalized spacial score (nSPS) is 15.2. The van der Waals surface area contributed by atoms with Gasteiger partial charge in [-0.3, -0.25) is 0 Å². The molecule has 1 heterocycles. The van der Waals surface area contributed by atoms with E-state index in [-0.39, 0.29) is 0 Å². The molecular formula is C9H6BrCl2NO. The summed E-state index contributed by atoms with van der Waals surface area (Å²) in [6.07, 6.45) is 0. The molecule has 0 radical (unpaired) electrons. The fourth-order valence-corrected chi connectivity index (χ4v) is 2.07. The van der Waals surface area contributed by atoms with Crippen molar-refractivity contribution < 1.29 is 4.74 Å². The van der Waals surface area contributed by atoms with Crippen molar-refractivity contribution >= 4 is 45.0 Å². The molecule has 0 bridgehead atoms. The molecule has 1 aromatic carbocycles. The van der Waals surface area contributed by atoms with Crippen molar-refractivity contribution in [3.05, 3.63) is 32.2 Å². The van der Waals surface area contributed by atoms with Gasteiger partial charge in [0.15, 0.2) is 0 Å². The second-order valence-corrected chi connectivity index (χ2v) is 4.39. The lowest BCUT2D eigenvalue weighted by Crippen LogP contribution is -2.03. The van der Waals surface area contributed by atoms with E-state index in [4.69, 9.17) is 27.9 Å².